The third kappa shape index (κ3) is 2.96. The van der Waals surface area contributed by atoms with Crippen LogP contribution >= 0.6 is 27.5 Å². The molecule has 0 aliphatic heterocycles. The summed E-state index contributed by atoms with van der Waals surface area (Å²) in [6, 6.07) is 6.15. The maximum Gasteiger partial charge on any atom is 0.166 e. The van der Waals surface area contributed by atoms with Crippen molar-refractivity contribution in [3.63, 3.8) is 0 Å². The van der Waals surface area contributed by atoms with E-state index < -0.39 is 5.82 Å². The molecule has 0 aliphatic rings. The van der Waals surface area contributed by atoms with Crippen molar-refractivity contribution in [1.82, 2.24) is 4.98 Å². The minimum atomic E-state index is -0.438. The molecule has 2 aromatic rings. The molecule has 0 saturated heterocycles. The first-order chi connectivity index (χ1) is 8.06. The summed E-state index contributed by atoms with van der Waals surface area (Å²) in [4.78, 5) is 3.90. The number of aryl methyl sites for hydroxylation is 1. The van der Waals surface area contributed by atoms with Crippen molar-refractivity contribution in [2.75, 3.05) is 0 Å². The van der Waals surface area contributed by atoms with E-state index in [9.17, 15) is 4.39 Å². The standard InChI is InChI=1S/C12H8BrClFNO/c1-7-6-16-12(14)5-11(7)17-10-3-2-8(13)4-9(10)15/h2-6H,1H3. The number of rotatable bonds is 2. The second-order valence-electron chi connectivity index (χ2n) is 3.45. The van der Waals surface area contributed by atoms with Gasteiger partial charge in [-0.3, -0.25) is 0 Å². The Morgan fingerprint density at radius 2 is 2.06 bits per heavy atom. The molecule has 0 spiro atoms. The minimum Gasteiger partial charge on any atom is -0.454 e. The summed E-state index contributed by atoms with van der Waals surface area (Å²) in [6.45, 7) is 1.81. The van der Waals surface area contributed by atoms with Crippen LogP contribution in [0.2, 0.25) is 5.15 Å². The minimum absolute atomic E-state index is 0.151. The predicted octanol–water partition coefficient (Wildman–Crippen LogP) is 4.74. The average molecular weight is 317 g/mol. The van der Waals surface area contributed by atoms with Crippen LogP contribution in [0.4, 0.5) is 4.39 Å². The van der Waals surface area contributed by atoms with Gasteiger partial charge in [-0.25, -0.2) is 9.37 Å². The van der Waals surface area contributed by atoms with E-state index in [-0.39, 0.29) is 5.75 Å². The number of hydrogen-bond acceptors (Lipinski definition) is 2. The van der Waals surface area contributed by atoms with Crippen molar-refractivity contribution in [2.45, 2.75) is 6.92 Å². The molecule has 1 heterocycles. The lowest BCUT2D eigenvalue weighted by Gasteiger charge is -2.09. The van der Waals surface area contributed by atoms with Gasteiger partial charge < -0.3 is 4.74 Å². The first-order valence-corrected chi connectivity index (χ1v) is 5.98. The second kappa shape index (κ2) is 5.02. The fraction of sp³-hybridized carbons (Fsp3) is 0.0833. The van der Waals surface area contributed by atoms with E-state index in [0.29, 0.717) is 15.4 Å². The van der Waals surface area contributed by atoms with Crippen LogP contribution in [0.25, 0.3) is 0 Å². The fourth-order valence-corrected chi connectivity index (χ4v) is 1.75. The van der Waals surface area contributed by atoms with Crippen LogP contribution in [0, 0.1) is 12.7 Å². The Morgan fingerprint density at radius 1 is 1.29 bits per heavy atom. The molecule has 2 rings (SSSR count). The van der Waals surface area contributed by atoms with Gasteiger partial charge in [0.25, 0.3) is 0 Å². The molecule has 0 radical (unpaired) electrons. The average Bonchev–Trinajstić information content (AvgIpc) is 2.27. The lowest BCUT2D eigenvalue weighted by molar-refractivity contribution is 0.439. The van der Waals surface area contributed by atoms with Crippen LogP contribution in [-0.4, -0.2) is 4.98 Å². The normalized spacial score (nSPS) is 10.4. The van der Waals surface area contributed by atoms with Gasteiger partial charge in [-0.05, 0) is 25.1 Å². The lowest BCUT2D eigenvalue weighted by atomic mass is 10.3. The molecule has 0 N–H and O–H groups in total. The molecule has 1 aromatic heterocycles. The maximum absolute atomic E-state index is 13.6. The van der Waals surface area contributed by atoms with Gasteiger partial charge in [-0.1, -0.05) is 27.5 Å². The maximum atomic E-state index is 13.6. The van der Waals surface area contributed by atoms with Crippen LogP contribution in [0.5, 0.6) is 11.5 Å². The molecule has 0 bridgehead atoms. The molecule has 1 aromatic carbocycles. The number of nitrogens with zero attached hydrogens (tertiary/aromatic N) is 1. The van der Waals surface area contributed by atoms with Gasteiger partial charge in [0, 0.05) is 22.3 Å². The van der Waals surface area contributed by atoms with Gasteiger partial charge >= 0.3 is 0 Å². The summed E-state index contributed by atoms with van der Waals surface area (Å²) < 4.78 is 19.7. The van der Waals surface area contributed by atoms with E-state index in [2.05, 4.69) is 20.9 Å². The Morgan fingerprint density at radius 3 is 2.76 bits per heavy atom. The lowest BCUT2D eigenvalue weighted by Crippen LogP contribution is -1.91. The van der Waals surface area contributed by atoms with Crippen molar-refractivity contribution >= 4 is 27.5 Å². The molecule has 0 atom stereocenters. The summed E-state index contributed by atoms with van der Waals surface area (Å²) >= 11 is 8.94. The smallest absolute Gasteiger partial charge is 0.166 e. The number of aromatic nitrogens is 1. The van der Waals surface area contributed by atoms with Gasteiger partial charge in [-0.15, -0.1) is 0 Å². The molecule has 2 nitrogen and oxygen atoms in total. The summed E-state index contributed by atoms with van der Waals surface area (Å²) in [7, 11) is 0. The first kappa shape index (κ1) is 12.3. The number of pyridine rings is 1. The van der Waals surface area contributed by atoms with E-state index in [1.165, 1.54) is 6.07 Å². The van der Waals surface area contributed by atoms with Crippen molar-refractivity contribution in [3.8, 4) is 11.5 Å². The highest BCUT2D eigenvalue weighted by molar-refractivity contribution is 9.10. The Kier molecular flexibility index (Phi) is 3.64. The number of hydrogen-bond donors (Lipinski definition) is 0. The second-order valence-corrected chi connectivity index (χ2v) is 4.75. The highest BCUT2D eigenvalue weighted by Gasteiger charge is 2.08. The summed E-state index contributed by atoms with van der Waals surface area (Å²) in [5.74, 6) is 0.205. The van der Waals surface area contributed by atoms with Crippen molar-refractivity contribution < 1.29 is 9.13 Å². The van der Waals surface area contributed by atoms with Crippen molar-refractivity contribution in [3.05, 3.63) is 51.5 Å². The van der Waals surface area contributed by atoms with Crippen LogP contribution in [0.15, 0.2) is 34.9 Å². The zero-order chi connectivity index (χ0) is 12.4. The Bertz CT molecular complexity index is 562. The van der Waals surface area contributed by atoms with Gasteiger partial charge in [0.1, 0.15) is 10.9 Å². The number of ether oxygens (including phenoxy) is 1. The van der Waals surface area contributed by atoms with E-state index in [1.807, 2.05) is 6.92 Å². The van der Waals surface area contributed by atoms with Crippen molar-refractivity contribution in [1.29, 1.82) is 0 Å². The van der Waals surface area contributed by atoms with Crippen LogP contribution in [0.1, 0.15) is 5.56 Å². The summed E-state index contributed by atoms with van der Waals surface area (Å²) in [5, 5.41) is 0.308. The Hall–Kier alpha value is -1.13. The van der Waals surface area contributed by atoms with Crippen LogP contribution < -0.4 is 4.74 Å². The SMILES string of the molecule is Cc1cnc(Cl)cc1Oc1ccc(Br)cc1F. The highest BCUT2D eigenvalue weighted by atomic mass is 79.9. The molecule has 17 heavy (non-hydrogen) atoms. The van der Waals surface area contributed by atoms with Gasteiger partial charge in [0.05, 0.1) is 0 Å². The fourth-order valence-electron chi connectivity index (χ4n) is 1.27. The van der Waals surface area contributed by atoms with Crippen molar-refractivity contribution in [2.24, 2.45) is 0 Å². The highest BCUT2D eigenvalue weighted by Crippen LogP contribution is 2.29. The zero-order valence-electron chi connectivity index (χ0n) is 8.88. The molecule has 0 unspecified atom stereocenters. The van der Waals surface area contributed by atoms with Gasteiger partial charge in [-0.2, -0.15) is 0 Å². The Labute approximate surface area is 112 Å². The van der Waals surface area contributed by atoms with E-state index in [1.54, 1.807) is 24.4 Å². The van der Waals surface area contributed by atoms with E-state index in [4.69, 9.17) is 16.3 Å². The molecule has 88 valence electrons. The van der Waals surface area contributed by atoms with E-state index in [0.717, 1.165) is 5.56 Å². The molecule has 0 saturated carbocycles. The predicted molar refractivity (Wildman–Crippen MR) is 68.2 cm³/mol. The van der Waals surface area contributed by atoms with Crippen LogP contribution in [0.3, 0.4) is 0 Å². The third-order valence-corrected chi connectivity index (χ3v) is 2.83. The summed E-state index contributed by atoms with van der Waals surface area (Å²) in [6.07, 6.45) is 1.58. The zero-order valence-corrected chi connectivity index (χ0v) is 11.2. The molecule has 5 heteroatoms. The molecular formula is C12H8BrClFNO. The van der Waals surface area contributed by atoms with Crippen LogP contribution in [-0.2, 0) is 0 Å². The Balaban J connectivity index is 2.34. The molecule has 0 amide bonds. The topological polar surface area (TPSA) is 22.1 Å². The van der Waals surface area contributed by atoms with E-state index >= 15 is 0 Å². The molecular weight excluding hydrogens is 308 g/mol. The van der Waals surface area contributed by atoms with Gasteiger partial charge in [0.2, 0.25) is 0 Å². The van der Waals surface area contributed by atoms with Gasteiger partial charge in [0.15, 0.2) is 11.6 Å². The molecule has 0 fully saturated rings. The monoisotopic (exact) mass is 315 g/mol. The number of benzene rings is 1. The largest absolute Gasteiger partial charge is 0.454 e. The molecule has 0 aliphatic carbocycles. The third-order valence-electron chi connectivity index (χ3n) is 2.13. The quantitative estimate of drug-likeness (QED) is 0.747. The first-order valence-electron chi connectivity index (χ1n) is 4.81. The number of halogens is 3. The summed E-state index contributed by atoms with van der Waals surface area (Å²) in [5.41, 5.74) is 0.789.